The molecule has 0 bridgehead atoms. The van der Waals surface area contributed by atoms with E-state index in [2.05, 4.69) is 27.9 Å². The number of carboxylic acid groups (broad SMARTS) is 1. The van der Waals surface area contributed by atoms with E-state index in [1.807, 2.05) is 0 Å². The smallest absolute Gasteiger partial charge is 0.303 e. The number of carboxylic acids is 1. The first-order valence-corrected chi connectivity index (χ1v) is 11.3. The van der Waals surface area contributed by atoms with Crippen molar-refractivity contribution in [3.05, 3.63) is 0 Å². The molecule has 1 atom stereocenters. The number of aliphatic imine (C=N–C) groups is 1. The molecule has 0 aromatic carbocycles. The minimum Gasteiger partial charge on any atom is -0.481 e. The average molecular weight is 445 g/mol. The Hall–Kier alpha value is -2.36. The second kappa shape index (κ2) is 23.9. The molecule has 0 aliphatic carbocycles. The molecule has 0 aromatic heterocycles. The summed E-state index contributed by atoms with van der Waals surface area (Å²) in [7, 11) is 1.66. The zero-order chi connectivity index (χ0) is 23.7. The zero-order valence-corrected chi connectivity index (χ0v) is 19.3. The van der Waals surface area contributed by atoms with Gasteiger partial charge in [-0.1, -0.05) is 45.4 Å². The van der Waals surface area contributed by atoms with Crippen LogP contribution in [0.5, 0.6) is 0 Å². The first-order chi connectivity index (χ1) is 14.9. The van der Waals surface area contributed by atoms with Gasteiger partial charge >= 0.3 is 5.97 Å². The zero-order valence-electron chi connectivity index (χ0n) is 19.3. The number of aliphatic carboxylic acids is 1. The van der Waals surface area contributed by atoms with E-state index in [1.165, 1.54) is 0 Å². The Morgan fingerprint density at radius 3 is 2.06 bits per heavy atom. The molecule has 1 unspecified atom stereocenters. The second-order valence-electron chi connectivity index (χ2n) is 7.21. The van der Waals surface area contributed by atoms with E-state index < -0.39 is 12.0 Å². The molecule has 0 aromatic rings. The van der Waals surface area contributed by atoms with Crippen LogP contribution in [0.3, 0.4) is 0 Å². The van der Waals surface area contributed by atoms with Crippen LogP contribution in [0.2, 0.25) is 0 Å². The maximum Gasteiger partial charge on any atom is 0.303 e. The van der Waals surface area contributed by atoms with E-state index >= 15 is 0 Å². The Labute approximate surface area is 187 Å². The third-order valence-electron chi connectivity index (χ3n) is 4.45. The molecule has 0 saturated heterocycles. The molecule has 0 heterocycles. The number of carbonyl (C=O) groups excluding carboxylic acids is 2. The molecular weight excluding hydrogens is 400 g/mol. The lowest BCUT2D eigenvalue weighted by Gasteiger charge is -2.14. The van der Waals surface area contributed by atoms with E-state index in [4.69, 9.17) is 16.6 Å². The van der Waals surface area contributed by atoms with Gasteiger partial charge in [0.25, 0.3) is 0 Å². The summed E-state index contributed by atoms with van der Waals surface area (Å²) in [6.45, 7) is 3.95. The van der Waals surface area contributed by atoms with Crippen LogP contribution in [-0.4, -0.2) is 62.1 Å². The molecular formula is C21H44N6O4. The summed E-state index contributed by atoms with van der Waals surface area (Å²) >= 11 is 0. The molecule has 0 fully saturated rings. The number of nitrogens with two attached hydrogens (primary N) is 2. The average Bonchev–Trinajstić information content (AvgIpc) is 2.75. The fourth-order valence-electron chi connectivity index (χ4n) is 2.67. The Bertz CT molecular complexity index is 488. The summed E-state index contributed by atoms with van der Waals surface area (Å²) in [5.74, 6) is -0.378. The lowest BCUT2D eigenvalue weighted by Crippen LogP contribution is -2.45. The Balaban J connectivity index is 0. The number of guanidine groups is 1. The van der Waals surface area contributed by atoms with E-state index in [0.717, 1.165) is 64.3 Å². The van der Waals surface area contributed by atoms with Gasteiger partial charge in [-0.2, -0.15) is 0 Å². The Kier molecular flexibility index (Phi) is 23.8. The second-order valence-corrected chi connectivity index (χ2v) is 7.21. The highest BCUT2D eigenvalue weighted by molar-refractivity contribution is 5.83. The molecule has 0 rings (SSSR count). The molecule has 2 amide bonds. The molecule has 0 aliphatic heterocycles. The topological polar surface area (TPSA) is 172 Å². The number of hydrogen-bond acceptors (Lipinski definition) is 5. The van der Waals surface area contributed by atoms with Crippen LogP contribution in [-0.2, 0) is 14.4 Å². The van der Waals surface area contributed by atoms with Crippen molar-refractivity contribution in [3.63, 3.8) is 0 Å². The predicted octanol–water partition coefficient (Wildman–Crippen LogP) is 1.09. The fourth-order valence-corrected chi connectivity index (χ4v) is 2.67. The van der Waals surface area contributed by atoms with Crippen molar-refractivity contribution in [2.24, 2.45) is 16.5 Å². The molecule has 8 N–H and O–H groups in total. The van der Waals surface area contributed by atoms with Crippen LogP contribution < -0.4 is 27.4 Å². The standard InChI is InChI=1S/C16H31N3O4.C5H13N3/c17-11-10-14(19-13-20)16(23)18-12-8-6-4-2-1-3-5-7-9-15(21)22;1-3-4-8-5(6)7-2/h13-14H,1-12,17H2,(H,18,23)(H,19,20)(H,21,22);3-4H2,1-2H3,(H3,6,7,8). The van der Waals surface area contributed by atoms with Crippen molar-refractivity contribution in [3.8, 4) is 0 Å². The summed E-state index contributed by atoms with van der Waals surface area (Å²) < 4.78 is 0. The molecule has 31 heavy (non-hydrogen) atoms. The highest BCUT2D eigenvalue weighted by atomic mass is 16.4. The van der Waals surface area contributed by atoms with E-state index in [0.29, 0.717) is 31.9 Å². The maximum absolute atomic E-state index is 11.8. The maximum atomic E-state index is 11.8. The minimum atomic E-state index is -0.718. The summed E-state index contributed by atoms with van der Waals surface area (Å²) in [4.78, 5) is 36.2. The van der Waals surface area contributed by atoms with E-state index in [9.17, 15) is 14.4 Å². The number of unbranched alkanes of at least 4 members (excludes halogenated alkanes) is 7. The Morgan fingerprint density at radius 1 is 1.00 bits per heavy atom. The van der Waals surface area contributed by atoms with Gasteiger partial charge in [0, 0.05) is 26.6 Å². The molecule has 182 valence electrons. The molecule has 0 spiro atoms. The molecule has 10 heteroatoms. The van der Waals surface area contributed by atoms with Crippen molar-refractivity contribution in [1.29, 1.82) is 0 Å². The fraction of sp³-hybridized carbons (Fsp3) is 0.810. The van der Waals surface area contributed by atoms with Crippen LogP contribution >= 0.6 is 0 Å². The molecule has 0 radical (unpaired) electrons. The van der Waals surface area contributed by atoms with Gasteiger partial charge in [-0.05, 0) is 32.2 Å². The van der Waals surface area contributed by atoms with Gasteiger partial charge in [0.1, 0.15) is 6.04 Å². The van der Waals surface area contributed by atoms with Gasteiger partial charge in [-0.15, -0.1) is 0 Å². The first-order valence-electron chi connectivity index (χ1n) is 11.3. The lowest BCUT2D eigenvalue weighted by molar-refractivity contribution is -0.137. The summed E-state index contributed by atoms with van der Waals surface area (Å²) in [6.07, 6.45) is 10.5. The van der Waals surface area contributed by atoms with Crippen LogP contribution in [0, 0.1) is 0 Å². The largest absolute Gasteiger partial charge is 0.481 e. The van der Waals surface area contributed by atoms with Gasteiger partial charge in [0.15, 0.2) is 5.96 Å². The predicted molar refractivity (Wildman–Crippen MR) is 125 cm³/mol. The van der Waals surface area contributed by atoms with Gasteiger partial charge in [-0.25, -0.2) is 0 Å². The SMILES string of the molecule is CCCNC(N)=NC.NCCC(NC=O)C(=O)NCCCCCCCCCCC(=O)O. The summed E-state index contributed by atoms with van der Waals surface area (Å²) in [5, 5.41) is 16.7. The number of rotatable bonds is 18. The van der Waals surface area contributed by atoms with Gasteiger partial charge in [0.2, 0.25) is 12.3 Å². The molecule has 0 aliphatic rings. The highest BCUT2D eigenvalue weighted by Gasteiger charge is 2.15. The number of nitrogens with one attached hydrogen (secondary N) is 3. The lowest BCUT2D eigenvalue weighted by atomic mass is 10.1. The number of nitrogens with zero attached hydrogens (tertiary/aromatic N) is 1. The van der Waals surface area contributed by atoms with Crippen molar-refractivity contribution in [1.82, 2.24) is 16.0 Å². The number of carbonyl (C=O) groups is 3. The van der Waals surface area contributed by atoms with E-state index in [-0.39, 0.29) is 12.3 Å². The number of amides is 2. The van der Waals surface area contributed by atoms with Gasteiger partial charge < -0.3 is 32.5 Å². The van der Waals surface area contributed by atoms with Gasteiger partial charge in [-0.3, -0.25) is 19.4 Å². The van der Waals surface area contributed by atoms with Crippen LogP contribution in [0.15, 0.2) is 4.99 Å². The van der Waals surface area contributed by atoms with Crippen LogP contribution in [0.1, 0.15) is 77.6 Å². The summed E-state index contributed by atoms with van der Waals surface area (Å²) in [6, 6.07) is -0.539. The van der Waals surface area contributed by atoms with Crippen LogP contribution in [0.4, 0.5) is 0 Å². The molecule has 10 nitrogen and oxygen atoms in total. The van der Waals surface area contributed by atoms with Crippen LogP contribution in [0.25, 0.3) is 0 Å². The van der Waals surface area contributed by atoms with E-state index in [1.54, 1.807) is 7.05 Å². The van der Waals surface area contributed by atoms with Crippen molar-refractivity contribution in [2.75, 3.05) is 26.7 Å². The van der Waals surface area contributed by atoms with Crippen molar-refractivity contribution < 1.29 is 19.5 Å². The summed E-state index contributed by atoms with van der Waals surface area (Å²) in [5.41, 5.74) is 10.7. The van der Waals surface area contributed by atoms with Crippen molar-refractivity contribution >= 4 is 24.2 Å². The third-order valence-corrected chi connectivity index (χ3v) is 4.45. The third kappa shape index (κ3) is 23.8. The highest BCUT2D eigenvalue weighted by Crippen LogP contribution is 2.09. The van der Waals surface area contributed by atoms with Gasteiger partial charge in [0.05, 0.1) is 0 Å². The Morgan fingerprint density at radius 2 is 1.58 bits per heavy atom. The minimum absolute atomic E-state index is 0.180. The monoisotopic (exact) mass is 444 g/mol. The van der Waals surface area contributed by atoms with Crippen molar-refractivity contribution in [2.45, 2.75) is 83.6 Å². The molecule has 0 saturated carbocycles. The first kappa shape index (κ1) is 30.8. The normalized spacial score (nSPS) is 11.6. The quantitative estimate of drug-likeness (QED) is 0.0794. The number of hydrogen-bond donors (Lipinski definition) is 6.